The van der Waals surface area contributed by atoms with Crippen molar-refractivity contribution in [3.63, 3.8) is 0 Å². The van der Waals surface area contributed by atoms with Crippen LogP contribution in [0.5, 0.6) is 0 Å². The van der Waals surface area contributed by atoms with E-state index in [4.69, 9.17) is 9.97 Å². The number of aromatic nitrogens is 5. The first-order valence-electron chi connectivity index (χ1n) is 16.3. The molecule has 0 bridgehead atoms. The van der Waals surface area contributed by atoms with Crippen LogP contribution in [0.3, 0.4) is 0 Å². The number of benzene rings is 4. The molecule has 0 spiro atoms. The van der Waals surface area contributed by atoms with Crippen LogP contribution >= 0.6 is 0 Å². The third-order valence-corrected chi connectivity index (χ3v) is 9.00. The zero-order valence-electron chi connectivity index (χ0n) is 26.5. The number of nitrogens with zero attached hydrogens (tertiary/aromatic N) is 5. The van der Waals surface area contributed by atoms with Gasteiger partial charge in [0.25, 0.3) is 0 Å². The second-order valence-electron chi connectivity index (χ2n) is 12.0. The summed E-state index contributed by atoms with van der Waals surface area (Å²) in [5, 5.41) is 2.47. The van der Waals surface area contributed by atoms with Gasteiger partial charge in [0.05, 0.1) is 33.8 Å². The monoisotopic (exact) mass is 627 g/mol. The van der Waals surface area contributed by atoms with Gasteiger partial charge in [0.1, 0.15) is 0 Å². The van der Waals surface area contributed by atoms with Crippen molar-refractivity contribution in [1.82, 2.24) is 24.5 Å². The molecule has 5 aromatic heterocycles. The quantitative estimate of drug-likeness (QED) is 0.184. The Labute approximate surface area is 283 Å². The van der Waals surface area contributed by atoms with Crippen LogP contribution in [0.4, 0.5) is 0 Å². The maximum atomic E-state index is 5.19. The first kappa shape index (κ1) is 28.5. The van der Waals surface area contributed by atoms with Gasteiger partial charge in [0.15, 0.2) is 0 Å². The van der Waals surface area contributed by atoms with E-state index in [1.54, 1.807) is 24.8 Å². The Morgan fingerprint density at radius 3 is 1.63 bits per heavy atom. The van der Waals surface area contributed by atoms with Gasteiger partial charge in [-0.2, -0.15) is 0 Å². The Kier molecular flexibility index (Phi) is 7.06. The van der Waals surface area contributed by atoms with Crippen LogP contribution in [-0.4, -0.2) is 24.5 Å². The van der Waals surface area contributed by atoms with Crippen LogP contribution in [0.2, 0.25) is 0 Å². The molecule has 0 aliphatic heterocycles. The minimum absolute atomic E-state index is 0.866. The van der Waals surface area contributed by atoms with Crippen molar-refractivity contribution >= 4 is 21.8 Å². The van der Waals surface area contributed by atoms with E-state index in [-0.39, 0.29) is 0 Å². The molecular weight excluding hydrogens is 599 g/mol. The molecule has 0 atom stereocenters. The summed E-state index contributed by atoms with van der Waals surface area (Å²) >= 11 is 0. The van der Waals surface area contributed by atoms with Gasteiger partial charge in [-0.15, -0.1) is 0 Å². The summed E-state index contributed by atoms with van der Waals surface area (Å²) in [5.74, 6) is 0. The lowest BCUT2D eigenvalue weighted by Crippen LogP contribution is -1.94. The van der Waals surface area contributed by atoms with E-state index < -0.39 is 0 Å². The van der Waals surface area contributed by atoms with Gasteiger partial charge in [-0.05, 0) is 96.1 Å². The fraction of sp³-hybridized carbons (Fsp3) is 0. The largest absolute Gasteiger partial charge is 0.309 e. The zero-order chi connectivity index (χ0) is 32.6. The summed E-state index contributed by atoms with van der Waals surface area (Å²) in [6, 6.07) is 53.0. The predicted molar refractivity (Wildman–Crippen MR) is 199 cm³/mol. The number of hydrogen-bond acceptors (Lipinski definition) is 4. The highest BCUT2D eigenvalue weighted by molar-refractivity contribution is 6.10. The fourth-order valence-electron chi connectivity index (χ4n) is 6.64. The molecule has 5 heterocycles. The third-order valence-electron chi connectivity index (χ3n) is 9.00. The molecule has 5 nitrogen and oxygen atoms in total. The summed E-state index contributed by atoms with van der Waals surface area (Å²) in [6.07, 6.45) is 7.17. The second-order valence-corrected chi connectivity index (χ2v) is 12.0. The van der Waals surface area contributed by atoms with Gasteiger partial charge in [-0.3, -0.25) is 9.97 Å². The maximum Gasteiger partial charge on any atom is 0.0717 e. The first-order valence-corrected chi connectivity index (χ1v) is 16.3. The molecule has 0 saturated heterocycles. The predicted octanol–water partition coefficient (Wildman–Crippen LogP) is 10.7. The highest BCUT2D eigenvalue weighted by atomic mass is 15.0. The number of hydrogen-bond donors (Lipinski definition) is 0. The minimum Gasteiger partial charge on any atom is -0.309 e. The minimum atomic E-state index is 0.866. The van der Waals surface area contributed by atoms with E-state index in [0.29, 0.717) is 0 Å². The molecule has 0 unspecified atom stereocenters. The normalized spacial score (nSPS) is 11.3. The van der Waals surface area contributed by atoms with Crippen LogP contribution in [0, 0.1) is 0 Å². The van der Waals surface area contributed by atoms with E-state index in [0.717, 1.165) is 56.3 Å². The van der Waals surface area contributed by atoms with Crippen molar-refractivity contribution in [3.8, 4) is 61.8 Å². The number of pyridine rings is 4. The lowest BCUT2D eigenvalue weighted by atomic mass is 9.99. The van der Waals surface area contributed by atoms with Crippen LogP contribution in [0.25, 0.3) is 83.6 Å². The van der Waals surface area contributed by atoms with Gasteiger partial charge in [-0.25, -0.2) is 9.97 Å². The van der Waals surface area contributed by atoms with Crippen molar-refractivity contribution < 1.29 is 0 Å². The van der Waals surface area contributed by atoms with E-state index >= 15 is 0 Å². The Morgan fingerprint density at radius 2 is 0.898 bits per heavy atom. The second kappa shape index (κ2) is 12.1. The molecule has 0 saturated carbocycles. The van der Waals surface area contributed by atoms with Crippen LogP contribution in [0.1, 0.15) is 0 Å². The lowest BCUT2D eigenvalue weighted by molar-refractivity contribution is 1.18. The van der Waals surface area contributed by atoms with Crippen molar-refractivity contribution in [2.45, 2.75) is 0 Å². The summed E-state index contributed by atoms with van der Waals surface area (Å²) < 4.78 is 2.35. The molecule has 0 N–H and O–H groups in total. The number of fused-ring (bicyclic) bond motifs is 3. The van der Waals surface area contributed by atoms with E-state index in [9.17, 15) is 0 Å². The van der Waals surface area contributed by atoms with Crippen LogP contribution in [-0.2, 0) is 0 Å². The Morgan fingerprint density at radius 1 is 0.327 bits per heavy atom. The molecule has 5 heteroatoms. The number of para-hydroxylation sites is 2. The van der Waals surface area contributed by atoms with Gasteiger partial charge in [-0.1, -0.05) is 66.7 Å². The van der Waals surface area contributed by atoms with E-state index in [1.807, 2.05) is 24.3 Å². The van der Waals surface area contributed by atoms with Crippen molar-refractivity contribution in [2.24, 2.45) is 0 Å². The Hall–Kier alpha value is -6.72. The molecule has 0 fully saturated rings. The molecule has 230 valence electrons. The SMILES string of the molecule is c1ccc(-n2c3ccccc3c3cc(-c4cccc(-c5cccc(-c6cc(-c7ccncc7)nc(-c7ccncc7)c6)n5)c4)ccc32)cc1. The van der Waals surface area contributed by atoms with Crippen molar-refractivity contribution in [1.29, 1.82) is 0 Å². The third kappa shape index (κ3) is 5.33. The highest BCUT2D eigenvalue weighted by Crippen LogP contribution is 2.36. The summed E-state index contributed by atoms with van der Waals surface area (Å²) in [6.45, 7) is 0. The van der Waals surface area contributed by atoms with Crippen LogP contribution in [0.15, 0.2) is 176 Å². The molecule has 9 aromatic rings. The highest BCUT2D eigenvalue weighted by Gasteiger charge is 2.14. The summed E-state index contributed by atoms with van der Waals surface area (Å²) in [4.78, 5) is 18.6. The van der Waals surface area contributed by atoms with E-state index in [2.05, 4.69) is 142 Å². The molecule has 0 amide bonds. The van der Waals surface area contributed by atoms with Gasteiger partial charge in [0.2, 0.25) is 0 Å². The molecule has 0 aliphatic rings. The molecule has 49 heavy (non-hydrogen) atoms. The van der Waals surface area contributed by atoms with Gasteiger partial charge >= 0.3 is 0 Å². The zero-order valence-corrected chi connectivity index (χ0v) is 26.5. The molecule has 4 aromatic carbocycles. The molecule has 0 radical (unpaired) electrons. The van der Waals surface area contributed by atoms with Crippen molar-refractivity contribution in [2.75, 3.05) is 0 Å². The summed E-state index contributed by atoms with van der Waals surface area (Å²) in [5.41, 5.74) is 13.4. The lowest BCUT2D eigenvalue weighted by Gasteiger charge is -2.11. The smallest absolute Gasteiger partial charge is 0.0717 e. The Balaban J connectivity index is 1.12. The molecule has 9 rings (SSSR count). The molecular formula is C44H29N5. The standard InChI is InChI=1S/C44H29N5/c1-2-10-36(11-3-1)49-43-15-5-4-12-37(43)38-27-33(16-17-44(38)49)32-8-6-9-34(26-32)39-13-7-14-40(47-39)35-28-41(30-18-22-45-23-19-30)48-42(29-35)31-20-24-46-25-21-31/h1-29H. The number of rotatable bonds is 6. The van der Waals surface area contributed by atoms with Crippen molar-refractivity contribution in [3.05, 3.63) is 176 Å². The first-order chi connectivity index (χ1) is 24.3. The molecule has 0 aliphatic carbocycles. The van der Waals surface area contributed by atoms with Gasteiger partial charge in [0, 0.05) is 63.5 Å². The topological polar surface area (TPSA) is 56.5 Å². The van der Waals surface area contributed by atoms with Gasteiger partial charge < -0.3 is 4.57 Å². The van der Waals surface area contributed by atoms with E-state index in [1.165, 1.54) is 27.4 Å². The van der Waals surface area contributed by atoms with Crippen LogP contribution < -0.4 is 0 Å². The average molecular weight is 628 g/mol. The summed E-state index contributed by atoms with van der Waals surface area (Å²) in [7, 11) is 0. The average Bonchev–Trinajstić information content (AvgIpc) is 3.52. The fourth-order valence-corrected chi connectivity index (χ4v) is 6.64. The Bertz CT molecular complexity index is 2540. The maximum absolute atomic E-state index is 5.19.